The summed E-state index contributed by atoms with van der Waals surface area (Å²) in [5.41, 5.74) is 5.88. The molecule has 5 rings (SSSR count). The van der Waals surface area contributed by atoms with Gasteiger partial charge in [0.1, 0.15) is 0 Å². The van der Waals surface area contributed by atoms with Gasteiger partial charge < -0.3 is 10.5 Å². The third-order valence-electron chi connectivity index (χ3n) is 5.85. The number of rotatable bonds is 2. The number of carbonyl (C=O) groups excluding carboxylic acids is 1. The SMILES string of the molecule is CC(=O)OCC12CC3C4CC3(C1)C(OS4(=O)=O)C2N. The van der Waals surface area contributed by atoms with E-state index >= 15 is 0 Å². The summed E-state index contributed by atoms with van der Waals surface area (Å²) in [4.78, 5) is 11.0. The first-order valence-electron chi connectivity index (χ1n) is 6.62. The predicted octanol–water partition coefficient (Wildman–Crippen LogP) is -0.226. The number of carbonyl (C=O) groups is 1. The summed E-state index contributed by atoms with van der Waals surface area (Å²) in [5, 5.41) is -0.365. The van der Waals surface area contributed by atoms with Crippen molar-refractivity contribution in [1.29, 1.82) is 0 Å². The van der Waals surface area contributed by atoms with Gasteiger partial charge >= 0.3 is 5.97 Å². The average Bonchev–Trinajstić information content (AvgIpc) is 2.69. The Balaban J connectivity index is 1.70. The van der Waals surface area contributed by atoms with E-state index in [1.165, 1.54) is 6.92 Å². The zero-order valence-corrected chi connectivity index (χ0v) is 11.5. The number of ether oxygens (including phenoxy) is 1. The lowest BCUT2D eigenvalue weighted by Crippen LogP contribution is -2.69. The number of fused-ring (bicyclic) bond motifs is 2. The summed E-state index contributed by atoms with van der Waals surface area (Å²) in [6.45, 7) is 1.66. The molecule has 2 aliphatic heterocycles. The Labute approximate surface area is 111 Å². The standard InChI is InChI=1S/C12H17NO5S/c1-6(14)17-5-11-2-7-8-3-12(7,4-11)10(9(11)13)18-19(8,15)16/h7-10H,2-5,13H2,1H3. The number of hydrogen-bond donors (Lipinski definition) is 1. The number of esters is 1. The fourth-order valence-electron chi connectivity index (χ4n) is 5.07. The Morgan fingerprint density at radius 1 is 1.47 bits per heavy atom. The molecule has 6 unspecified atom stereocenters. The molecule has 6 atom stereocenters. The molecule has 3 saturated carbocycles. The first-order valence-corrected chi connectivity index (χ1v) is 8.09. The summed E-state index contributed by atoms with van der Waals surface area (Å²) in [6, 6.07) is -0.362. The van der Waals surface area contributed by atoms with Gasteiger partial charge in [-0.3, -0.25) is 8.98 Å². The van der Waals surface area contributed by atoms with Crippen molar-refractivity contribution >= 4 is 16.1 Å². The van der Waals surface area contributed by atoms with Gasteiger partial charge in [-0.05, 0) is 25.2 Å². The lowest BCUT2D eigenvalue weighted by Gasteiger charge is -2.59. The first kappa shape index (κ1) is 12.1. The van der Waals surface area contributed by atoms with Crippen molar-refractivity contribution in [2.45, 2.75) is 43.6 Å². The van der Waals surface area contributed by atoms with E-state index < -0.39 is 16.2 Å². The molecule has 2 saturated heterocycles. The van der Waals surface area contributed by atoms with Crippen LogP contribution in [0.2, 0.25) is 0 Å². The van der Waals surface area contributed by atoms with E-state index in [1.54, 1.807) is 0 Å². The van der Waals surface area contributed by atoms with Crippen molar-refractivity contribution in [2.75, 3.05) is 6.61 Å². The van der Waals surface area contributed by atoms with Crippen LogP contribution in [-0.2, 0) is 23.8 Å². The van der Waals surface area contributed by atoms with Crippen molar-refractivity contribution in [1.82, 2.24) is 0 Å². The van der Waals surface area contributed by atoms with Crippen molar-refractivity contribution in [3.63, 3.8) is 0 Å². The monoisotopic (exact) mass is 287 g/mol. The van der Waals surface area contributed by atoms with Crippen LogP contribution in [0.5, 0.6) is 0 Å². The molecule has 0 amide bonds. The van der Waals surface area contributed by atoms with E-state index in [0.717, 1.165) is 12.8 Å². The molecule has 5 fully saturated rings. The van der Waals surface area contributed by atoms with Gasteiger partial charge in [-0.1, -0.05) is 0 Å². The van der Waals surface area contributed by atoms with Gasteiger partial charge in [-0.2, -0.15) is 8.42 Å². The molecule has 0 aromatic heterocycles. The molecule has 106 valence electrons. The summed E-state index contributed by atoms with van der Waals surface area (Å²) in [6.07, 6.45) is 1.82. The van der Waals surface area contributed by atoms with Gasteiger partial charge in [-0.15, -0.1) is 0 Å². The van der Waals surface area contributed by atoms with Crippen LogP contribution in [0.15, 0.2) is 0 Å². The fraction of sp³-hybridized carbons (Fsp3) is 0.917. The summed E-state index contributed by atoms with van der Waals surface area (Å²) in [5.74, 6) is -0.174. The van der Waals surface area contributed by atoms with Crippen LogP contribution in [0.3, 0.4) is 0 Å². The Kier molecular flexibility index (Phi) is 2.01. The van der Waals surface area contributed by atoms with Crippen LogP contribution in [0, 0.1) is 16.7 Å². The van der Waals surface area contributed by atoms with Crippen LogP contribution in [-0.4, -0.2) is 38.4 Å². The maximum absolute atomic E-state index is 11.9. The minimum atomic E-state index is -3.44. The zero-order valence-electron chi connectivity index (χ0n) is 10.7. The van der Waals surface area contributed by atoms with Crippen LogP contribution in [0.1, 0.15) is 26.2 Å². The van der Waals surface area contributed by atoms with Gasteiger partial charge in [-0.25, -0.2) is 0 Å². The van der Waals surface area contributed by atoms with E-state index in [9.17, 15) is 13.2 Å². The average molecular weight is 287 g/mol. The molecule has 0 radical (unpaired) electrons. The van der Waals surface area contributed by atoms with E-state index in [-0.39, 0.29) is 40.6 Å². The molecular formula is C12H17NO5S. The van der Waals surface area contributed by atoms with Crippen LogP contribution in [0.25, 0.3) is 0 Å². The summed E-state index contributed by atoms with van der Waals surface area (Å²) < 4.78 is 34.4. The van der Waals surface area contributed by atoms with Gasteiger partial charge in [0.2, 0.25) is 0 Å². The van der Waals surface area contributed by atoms with Gasteiger partial charge in [0.05, 0.1) is 18.0 Å². The zero-order chi connectivity index (χ0) is 13.6. The van der Waals surface area contributed by atoms with Crippen molar-refractivity contribution in [2.24, 2.45) is 22.5 Å². The molecule has 0 aromatic carbocycles. The molecule has 19 heavy (non-hydrogen) atoms. The largest absolute Gasteiger partial charge is 0.465 e. The highest BCUT2D eigenvalue weighted by atomic mass is 32.2. The highest BCUT2D eigenvalue weighted by molar-refractivity contribution is 7.87. The molecule has 2 N–H and O–H groups in total. The third-order valence-corrected chi connectivity index (χ3v) is 7.56. The van der Waals surface area contributed by atoms with Crippen molar-refractivity contribution < 1.29 is 22.1 Å². The maximum atomic E-state index is 11.9. The first-order chi connectivity index (χ1) is 8.81. The number of hydrogen-bond acceptors (Lipinski definition) is 6. The topological polar surface area (TPSA) is 95.7 Å². The summed E-state index contributed by atoms with van der Waals surface area (Å²) in [7, 11) is -3.44. The third kappa shape index (κ3) is 1.20. The predicted molar refractivity (Wildman–Crippen MR) is 64.4 cm³/mol. The maximum Gasteiger partial charge on any atom is 0.302 e. The number of nitrogens with two attached hydrogens (primary N) is 1. The van der Waals surface area contributed by atoms with Crippen molar-refractivity contribution in [3.8, 4) is 0 Å². The van der Waals surface area contributed by atoms with Gasteiger partial charge in [0, 0.05) is 23.8 Å². The van der Waals surface area contributed by atoms with E-state index in [0.29, 0.717) is 6.42 Å². The molecular weight excluding hydrogens is 270 g/mol. The lowest BCUT2D eigenvalue weighted by atomic mass is 9.57. The molecule has 6 nitrogen and oxygen atoms in total. The second-order valence-corrected chi connectivity index (χ2v) is 8.42. The molecule has 7 heteroatoms. The van der Waals surface area contributed by atoms with E-state index in [4.69, 9.17) is 14.7 Å². The molecule has 3 aliphatic carbocycles. The van der Waals surface area contributed by atoms with E-state index in [1.807, 2.05) is 0 Å². The second kappa shape index (κ2) is 3.15. The highest BCUT2D eigenvalue weighted by Crippen LogP contribution is 2.76. The Bertz CT molecular complexity index is 575. The van der Waals surface area contributed by atoms with Gasteiger partial charge in [0.25, 0.3) is 10.1 Å². The van der Waals surface area contributed by atoms with E-state index in [2.05, 4.69) is 0 Å². The fourth-order valence-corrected chi connectivity index (χ4v) is 7.10. The Hall–Kier alpha value is -0.660. The Morgan fingerprint density at radius 2 is 2.21 bits per heavy atom. The van der Waals surface area contributed by atoms with Crippen LogP contribution < -0.4 is 5.73 Å². The van der Waals surface area contributed by atoms with Crippen LogP contribution >= 0.6 is 0 Å². The normalized spacial score (nSPS) is 55.7. The molecule has 3 bridgehead atoms. The highest BCUT2D eigenvalue weighted by Gasteiger charge is 2.81. The molecule has 2 heterocycles. The molecule has 0 aromatic rings. The molecule has 5 aliphatic rings. The lowest BCUT2D eigenvalue weighted by molar-refractivity contribution is -0.146. The molecule has 1 spiro atoms. The summed E-state index contributed by atoms with van der Waals surface area (Å²) >= 11 is 0. The smallest absolute Gasteiger partial charge is 0.302 e. The minimum Gasteiger partial charge on any atom is -0.465 e. The second-order valence-electron chi connectivity index (χ2n) is 6.64. The minimum absolute atomic E-state index is 0.0739. The Morgan fingerprint density at radius 3 is 2.89 bits per heavy atom. The van der Waals surface area contributed by atoms with Crippen LogP contribution in [0.4, 0.5) is 0 Å². The van der Waals surface area contributed by atoms with Gasteiger partial charge in [0.15, 0.2) is 0 Å². The quantitative estimate of drug-likeness (QED) is 0.557. The van der Waals surface area contributed by atoms with Crippen molar-refractivity contribution in [3.05, 3.63) is 0 Å².